The summed E-state index contributed by atoms with van der Waals surface area (Å²) in [7, 11) is 1.35. The van der Waals surface area contributed by atoms with E-state index in [0.29, 0.717) is 6.42 Å². The normalized spacial score (nSPS) is 15.0. The van der Waals surface area contributed by atoms with Crippen LogP contribution in [-0.4, -0.2) is 18.6 Å². The second-order valence-corrected chi connectivity index (χ2v) is 4.00. The lowest BCUT2D eigenvalue weighted by molar-refractivity contribution is -0.146. The van der Waals surface area contributed by atoms with Crippen LogP contribution in [0.15, 0.2) is 16.8 Å². The fourth-order valence-electron chi connectivity index (χ4n) is 1.12. The first-order valence-electron chi connectivity index (χ1n) is 3.94. The average molecular weight is 199 g/mol. The van der Waals surface area contributed by atoms with Crippen LogP contribution in [0.2, 0.25) is 0 Å². The third kappa shape index (κ3) is 2.54. The summed E-state index contributed by atoms with van der Waals surface area (Å²) >= 11 is 1.59. The summed E-state index contributed by atoms with van der Waals surface area (Å²) < 4.78 is 4.60. The second kappa shape index (κ2) is 3.89. The van der Waals surface area contributed by atoms with Gasteiger partial charge in [0.1, 0.15) is 5.54 Å². The highest BCUT2D eigenvalue weighted by atomic mass is 32.1. The number of carbonyl (C=O) groups excluding carboxylic acids is 1. The zero-order chi connectivity index (χ0) is 9.90. The third-order valence-electron chi connectivity index (χ3n) is 1.80. The van der Waals surface area contributed by atoms with Crippen LogP contribution in [0.5, 0.6) is 0 Å². The van der Waals surface area contributed by atoms with Gasteiger partial charge in [0.15, 0.2) is 0 Å². The van der Waals surface area contributed by atoms with E-state index in [1.165, 1.54) is 7.11 Å². The quantitative estimate of drug-likeness (QED) is 0.744. The molecule has 0 aromatic carbocycles. The number of hydrogen-bond acceptors (Lipinski definition) is 4. The van der Waals surface area contributed by atoms with Crippen molar-refractivity contribution in [3.05, 3.63) is 22.4 Å². The smallest absolute Gasteiger partial charge is 0.325 e. The Kier molecular flexibility index (Phi) is 3.06. The van der Waals surface area contributed by atoms with Gasteiger partial charge in [-0.3, -0.25) is 4.79 Å². The summed E-state index contributed by atoms with van der Waals surface area (Å²) in [6.07, 6.45) is 0.517. The standard InChI is InChI=1S/C9H13NO2S/c1-9(10,8(11)12-2)5-7-3-4-13-6-7/h3-4,6H,5,10H2,1-2H3/t9-/m1/s1. The zero-order valence-electron chi connectivity index (χ0n) is 7.74. The Morgan fingerprint density at radius 2 is 2.46 bits per heavy atom. The van der Waals surface area contributed by atoms with Gasteiger partial charge in [0.05, 0.1) is 7.11 Å². The molecule has 0 spiro atoms. The molecule has 2 N–H and O–H groups in total. The van der Waals surface area contributed by atoms with E-state index in [1.807, 2.05) is 16.8 Å². The predicted molar refractivity (Wildman–Crippen MR) is 52.6 cm³/mol. The molecule has 0 bridgehead atoms. The van der Waals surface area contributed by atoms with Crippen molar-refractivity contribution in [2.75, 3.05) is 7.11 Å². The fourth-order valence-corrected chi connectivity index (χ4v) is 1.79. The molecule has 0 aliphatic heterocycles. The van der Waals surface area contributed by atoms with E-state index < -0.39 is 5.54 Å². The van der Waals surface area contributed by atoms with Crippen LogP contribution in [0.3, 0.4) is 0 Å². The lowest BCUT2D eigenvalue weighted by atomic mass is 9.96. The van der Waals surface area contributed by atoms with Gasteiger partial charge in [0.2, 0.25) is 0 Å². The van der Waals surface area contributed by atoms with Gasteiger partial charge in [-0.2, -0.15) is 11.3 Å². The number of thiophene rings is 1. The van der Waals surface area contributed by atoms with E-state index in [0.717, 1.165) is 5.56 Å². The van der Waals surface area contributed by atoms with Crippen LogP contribution >= 0.6 is 11.3 Å². The molecule has 0 aliphatic carbocycles. The lowest BCUT2D eigenvalue weighted by Gasteiger charge is -2.20. The largest absolute Gasteiger partial charge is 0.468 e. The monoisotopic (exact) mass is 199 g/mol. The van der Waals surface area contributed by atoms with Crippen molar-refractivity contribution in [2.45, 2.75) is 18.9 Å². The van der Waals surface area contributed by atoms with Gasteiger partial charge >= 0.3 is 5.97 Å². The zero-order valence-corrected chi connectivity index (χ0v) is 8.56. The molecular weight excluding hydrogens is 186 g/mol. The first kappa shape index (κ1) is 10.2. The van der Waals surface area contributed by atoms with E-state index in [4.69, 9.17) is 5.73 Å². The molecule has 0 saturated heterocycles. The highest BCUT2D eigenvalue weighted by Crippen LogP contribution is 2.14. The number of hydrogen-bond donors (Lipinski definition) is 1. The molecule has 72 valence electrons. The van der Waals surface area contributed by atoms with Crippen LogP contribution in [0.25, 0.3) is 0 Å². The first-order valence-corrected chi connectivity index (χ1v) is 4.89. The maximum absolute atomic E-state index is 11.2. The minimum atomic E-state index is -0.921. The van der Waals surface area contributed by atoms with Crippen molar-refractivity contribution in [2.24, 2.45) is 5.73 Å². The van der Waals surface area contributed by atoms with E-state index >= 15 is 0 Å². The Morgan fingerprint density at radius 3 is 2.92 bits per heavy atom. The number of carbonyl (C=O) groups is 1. The molecule has 0 aliphatic rings. The molecule has 0 saturated carbocycles. The summed E-state index contributed by atoms with van der Waals surface area (Å²) in [5.74, 6) is -0.376. The van der Waals surface area contributed by atoms with Gasteiger partial charge in [-0.1, -0.05) is 0 Å². The molecule has 0 radical (unpaired) electrons. The minimum absolute atomic E-state index is 0.376. The number of nitrogens with two attached hydrogens (primary N) is 1. The van der Waals surface area contributed by atoms with Gasteiger partial charge in [-0.25, -0.2) is 0 Å². The molecule has 1 aromatic rings. The van der Waals surface area contributed by atoms with Crippen LogP contribution in [0, 0.1) is 0 Å². The Hall–Kier alpha value is -0.870. The summed E-state index contributed by atoms with van der Waals surface area (Å²) in [5, 5.41) is 3.94. The van der Waals surface area contributed by atoms with Crippen molar-refractivity contribution in [3.8, 4) is 0 Å². The summed E-state index contributed by atoms with van der Waals surface area (Å²) in [6.45, 7) is 1.68. The lowest BCUT2D eigenvalue weighted by Crippen LogP contribution is -2.47. The molecule has 1 rings (SSSR count). The molecule has 1 aromatic heterocycles. The highest BCUT2D eigenvalue weighted by Gasteiger charge is 2.29. The van der Waals surface area contributed by atoms with Gasteiger partial charge < -0.3 is 10.5 Å². The topological polar surface area (TPSA) is 52.3 Å². The van der Waals surface area contributed by atoms with Crippen molar-refractivity contribution in [1.82, 2.24) is 0 Å². The molecule has 13 heavy (non-hydrogen) atoms. The van der Waals surface area contributed by atoms with Crippen molar-refractivity contribution < 1.29 is 9.53 Å². The first-order chi connectivity index (χ1) is 6.06. The second-order valence-electron chi connectivity index (χ2n) is 3.22. The van der Waals surface area contributed by atoms with Crippen molar-refractivity contribution in [3.63, 3.8) is 0 Å². The SMILES string of the molecule is COC(=O)[C@](C)(N)Cc1ccsc1. The van der Waals surface area contributed by atoms with Crippen LogP contribution < -0.4 is 5.73 Å². The predicted octanol–water partition coefficient (Wildman–Crippen LogP) is 1.18. The van der Waals surface area contributed by atoms with E-state index in [2.05, 4.69) is 4.74 Å². The summed E-state index contributed by atoms with van der Waals surface area (Å²) in [5.41, 5.74) is 5.94. The summed E-state index contributed by atoms with van der Waals surface area (Å²) in [6, 6.07) is 1.96. The number of esters is 1. The Balaban J connectivity index is 2.67. The Morgan fingerprint density at radius 1 is 1.77 bits per heavy atom. The Labute approximate surface area is 81.5 Å². The molecule has 1 heterocycles. The van der Waals surface area contributed by atoms with E-state index in [9.17, 15) is 4.79 Å². The molecule has 0 unspecified atom stereocenters. The number of rotatable bonds is 3. The molecule has 1 atom stereocenters. The molecule has 4 heteroatoms. The highest BCUT2D eigenvalue weighted by molar-refractivity contribution is 7.07. The van der Waals surface area contributed by atoms with Crippen LogP contribution in [0.4, 0.5) is 0 Å². The average Bonchev–Trinajstić information content (AvgIpc) is 2.54. The molecule has 0 fully saturated rings. The van der Waals surface area contributed by atoms with E-state index in [1.54, 1.807) is 18.3 Å². The van der Waals surface area contributed by atoms with Gasteiger partial charge in [0.25, 0.3) is 0 Å². The maximum Gasteiger partial charge on any atom is 0.325 e. The maximum atomic E-state index is 11.2. The van der Waals surface area contributed by atoms with Gasteiger partial charge in [-0.05, 0) is 29.3 Å². The van der Waals surface area contributed by atoms with Crippen LogP contribution in [-0.2, 0) is 16.0 Å². The van der Waals surface area contributed by atoms with E-state index in [-0.39, 0.29) is 5.97 Å². The van der Waals surface area contributed by atoms with Gasteiger partial charge in [-0.15, -0.1) is 0 Å². The summed E-state index contributed by atoms with van der Waals surface area (Å²) in [4.78, 5) is 11.2. The minimum Gasteiger partial charge on any atom is -0.468 e. The number of ether oxygens (including phenoxy) is 1. The molecule has 0 amide bonds. The van der Waals surface area contributed by atoms with Crippen molar-refractivity contribution in [1.29, 1.82) is 0 Å². The Bertz CT molecular complexity index is 280. The van der Waals surface area contributed by atoms with Gasteiger partial charge in [0, 0.05) is 6.42 Å². The van der Waals surface area contributed by atoms with Crippen LogP contribution in [0.1, 0.15) is 12.5 Å². The molecule has 3 nitrogen and oxygen atoms in total. The molecular formula is C9H13NO2S. The van der Waals surface area contributed by atoms with Crippen molar-refractivity contribution >= 4 is 17.3 Å². The fraction of sp³-hybridized carbons (Fsp3) is 0.444. The third-order valence-corrected chi connectivity index (χ3v) is 2.54. The number of methoxy groups -OCH3 is 1.